The first-order valence-corrected chi connectivity index (χ1v) is 5.55. The van der Waals surface area contributed by atoms with Gasteiger partial charge in [-0.3, -0.25) is 4.57 Å². The minimum Gasteiger partial charge on any atom is -0.409 e. The zero-order valence-corrected chi connectivity index (χ0v) is 9.50. The van der Waals surface area contributed by atoms with Crippen LogP contribution >= 0.6 is 8.25 Å². The molecule has 0 saturated carbocycles. The Morgan fingerprint density at radius 1 is 1.06 bits per heavy atom. The minimum absolute atomic E-state index is 0.0218. The lowest BCUT2D eigenvalue weighted by molar-refractivity contribution is 0.232. The van der Waals surface area contributed by atoms with Gasteiger partial charge in [-0.15, -0.1) is 0 Å². The number of rotatable bonds is 8. The molecule has 0 aliphatic rings. The monoisotopic (exact) mass is 254 g/mol. The zero-order chi connectivity index (χ0) is 12.4. The molecule has 0 rings (SSSR count). The van der Waals surface area contributed by atoms with E-state index in [4.69, 9.17) is 30.9 Å². The van der Waals surface area contributed by atoms with E-state index in [1.807, 2.05) is 0 Å². The molecule has 16 heavy (non-hydrogen) atoms. The molecular weight excluding hydrogens is 239 g/mol. The van der Waals surface area contributed by atoms with Crippen LogP contribution in [-0.2, 0) is 13.6 Å². The van der Waals surface area contributed by atoms with Crippen LogP contribution in [0.5, 0.6) is 0 Å². The molecule has 0 radical (unpaired) electrons. The van der Waals surface area contributed by atoms with Crippen molar-refractivity contribution >= 4 is 19.9 Å². The molecule has 0 fully saturated rings. The van der Waals surface area contributed by atoms with E-state index < -0.39 is 8.25 Å². The molecule has 0 aromatic carbocycles. The van der Waals surface area contributed by atoms with E-state index in [9.17, 15) is 4.57 Å². The van der Waals surface area contributed by atoms with Crippen LogP contribution in [0.1, 0.15) is 12.8 Å². The van der Waals surface area contributed by atoms with E-state index in [1.165, 1.54) is 0 Å². The molecular formula is C6H15N4O5P. The molecule has 9 nitrogen and oxygen atoms in total. The predicted molar refractivity (Wildman–Crippen MR) is 57.0 cm³/mol. The van der Waals surface area contributed by atoms with Crippen molar-refractivity contribution in [2.75, 3.05) is 13.2 Å². The van der Waals surface area contributed by atoms with Gasteiger partial charge < -0.3 is 30.9 Å². The Hall–Kier alpha value is -1.31. The Morgan fingerprint density at radius 2 is 1.44 bits per heavy atom. The quantitative estimate of drug-likeness (QED) is 0.152. The van der Waals surface area contributed by atoms with Gasteiger partial charge in [0, 0.05) is 12.8 Å². The highest BCUT2D eigenvalue weighted by molar-refractivity contribution is 7.33. The molecule has 10 heteroatoms. The van der Waals surface area contributed by atoms with Crippen LogP contribution in [0.2, 0.25) is 0 Å². The Morgan fingerprint density at radius 3 is 1.75 bits per heavy atom. The van der Waals surface area contributed by atoms with Crippen molar-refractivity contribution in [1.29, 1.82) is 0 Å². The maximum absolute atomic E-state index is 11.0. The third-order valence-corrected chi connectivity index (χ3v) is 2.29. The van der Waals surface area contributed by atoms with E-state index >= 15 is 0 Å². The Kier molecular flexibility index (Phi) is 8.22. The van der Waals surface area contributed by atoms with Gasteiger partial charge in [0.2, 0.25) is 0 Å². The molecule has 0 amide bonds. The minimum atomic E-state index is -2.63. The summed E-state index contributed by atoms with van der Waals surface area (Å²) in [7, 11) is -2.63. The molecule has 0 aromatic rings. The average Bonchev–Trinajstić information content (AvgIpc) is 2.28. The normalized spacial score (nSPS) is 15.0. The van der Waals surface area contributed by atoms with Gasteiger partial charge in [-0.05, 0) is 0 Å². The van der Waals surface area contributed by atoms with Gasteiger partial charge in [0.25, 0.3) is 0 Å². The van der Waals surface area contributed by atoms with Gasteiger partial charge in [-0.1, -0.05) is 10.3 Å². The third-order valence-electron chi connectivity index (χ3n) is 1.41. The molecule has 0 aliphatic heterocycles. The van der Waals surface area contributed by atoms with Gasteiger partial charge in [0.05, 0.1) is 13.2 Å². The summed E-state index contributed by atoms with van der Waals surface area (Å²) < 4.78 is 20.5. The second-order valence-electron chi connectivity index (χ2n) is 2.63. The maximum atomic E-state index is 11.0. The third kappa shape index (κ3) is 8.04. The van der Waals surface area contributed by atoms with E-state index in [1.54, 1.807) is 0 Å². The highest BCUT2D eigenvalue weighted by atomic mass is 31.1. The van der Waals surface area contributed by atoms with Gasteiger partial charge in [0.1, 0.15) is 11.7 Å². The van der Waals surface area contributed by atoms with Gasteiger partial charge in [-0.2, -0.15) is 0 Å². The fourth-order valence-corrected chi connectivity index (χ4v) is 1.24. The summed E-state index contributed by atoms with van der Waals surface area (Å²) in [5, 5.41) is 21.8. The first-order valence-electron chi connectivity index (χ1n) is 4.32. The number of hydrogen-bond donors (Lipinski definition) is 4. The summed E-state index contributed by atoms with van der Waals surface area (Å²) in [5.74, 6) is -0.0436. The summed E-state index contributed by atoms with van der Waals surface area (Å²) in [6.07, 6.45) is 0.299. The van der Waals surface area contributed by atoms with Crippen molar-refractivity contribution in [3.63, 3.8) is 0 Å². The number of oxime groups is 2. The Bertz CT molecular complexity index is 256. The van der Waals surface area contributed by atoms with Crippen molar-refractivity contribution in [3.8, 4) is 0 Å². The van der Waals surface area contributed by atoms with Crippen molar-refractivity contribution in [2.24, 2.45) is 21.8 Å². The van der Waals surface area contributed by atoms with Crippen LogP contribution in [0.3, 0.4) is 0 Å². The lowest BCUT2D eigenvalue weighted by Crippen LogP contribution is -2.14. The second kappa shape index (κ2) is 8.96. The molecule has 6 N–H and O–H groups in total. The molecule has 0 aromatic heterocycles. The predicted octanol–water partition coefficient (Wildman–Crippen LogP) is -0.318. The Labute approximate surface area is 92.6 Å². The van der Waals surface area contributed by atoms with Crippen LogP contribution in [0, 0.1) is 0 Å². The van der Waals surface area contributed by atoms with E-state index in [0.717, 1.165) is 0 Å². The standard InChI is InChI=1S/C6H15N4O5P/c7-5(9-11)1-3-14-16(13)15-4-2-6(8)10-12/h11-12,16H,1-4H2,(H2,7,9)(H2,8,10). The van der Waals surface area contributed by atoms with E-state index in [2.05, 4.69) is 10.3 Å². The second-order valence-corrected chi connectivity index (χ2v) is 3.71. The molecule has 0 unspecified atom stereocenters. The van der Waals surface area contributed by atoms with Crippen molar-refractivity contribution in [3.05, 3.63) is 0 Å². The summed E-state index contributed by atoms with van der Waals surface area (Å²) in [5.41, 5.74) is 10.3. The lowest BCUT2D eigenvalue weighted by Gasteiger charge is -2.04. The lowest BCUT2D eigenvalue weighted by atomic mass is 10.4. The topological polar surface area (TPSA) is 153 Å². The van der Waals surface area contributed by atoms with Crippen molar-refractivity contribution < 1.29 is 24.0 Å². The Balaban J connectivity index is 3.53. The average molecular weight is 254 g/mol. The number of hydrogen-bond acceptors (Lipinski definition) is 7. The van der Waals surface area contributed by atoms with Gasteiger partial charge in [-0.25, -0.2) is 0 Å². The molecule has 0 bridgehead atoms. The zero-order valence-electron chi connectivity index (χ0n) is 8.50. The number of nitrogens with zero attached hydrogens (tertiary/aromatic N) is 2. The van der Waals surface area contributed by atoms with Gasteiger partial charge >= 0.3 is 8.25 Å². The van der Waals surface area contributed by atoms with Crippen LogP contribution in [0.15, 0.2) is 10.3 Å². The maximum Gasteiger partial charge on any atom is 0.319 e. The highest BCUT2D eigenvalue weighted by Gasteiger charge is 2.02. The fraction of sp³-hybridized carbons (Fsp3) is 0.667. The first-order chi connectivity index (χ1) is 7.60. The van der Waals surface area contributed by atoms with E-state index in [-0.39, 0.29) is 37.7 Å². The van der Waals surface area contributed by atoms with Crippen LogP contribution in [0.4, 0.5) is 0 Å². The molecule has 94 valence electrons. The van der Waals surface area contributed by atoms with E-state index in [0.29, 0.717) is 0 Å². The summed E-state index contributed by atoms with van der Waals surface area (Å²) in [6.45, 7) is 0.0501. The number of amidine groups is 2. The van der Waals surface area contributed by atoms with Crippen LogP contribution in [-0.4, -0.2) is 35.3 Å². The highest BCUT2D eigenvalue weighted by Crippen LogP contribution is 2.23. The summed E-state index contributed by atoms with van der Waals surface area (Å²) in [6, 6.07) is 0. The van der Waals surface area contributed by atoms with Crippen LogP contribution < -0.4 is 11.5 Å². The molecule has 0 saturated heterocycles. The largest absolute Gasteiger partial charge is 0.409 e. The molecule has 0 spiro atoms. The van der Waals surface area contributed by atoms with Gasteiger partial charge in [0.15, 0.2) is 0 Å². The number of nitrogens with two attached hydrogens (primary N) is 2. The van der Waals surface area contributed by atoms with Crippen molar-refractivity contribution in [2.45, 2.75) is 12.8 Å². The molecule has 0 atom stereocenters. The SMILES string of the molecule is NC(CCO[PH](=O)OCCC(N)=NO)=NO. The molecule has 0 heterocycles. The van der Waals surface area contributed by atoms with Crippen LogP contribution in [0.25, 0.3) is 0 Å². The summed E-state index contributed by atoms with van der Waals surface area (Å²) in [4.78, 5) is 0. The van der Waals surface area contributed by atoms with Crippen molar-refractivity contribution in [1.82, 2.24) is 0 Å². The first kappa shape index (κ1) is 14.7. The smallest absolute Gasteiger partial charge is 0.319 e. The fourth-order valence-electron chi connectivity index (χ4n) is 0.620. The summed E-state index contributed by atoms with van der Waals surface area (Å²) >= 11 is 0. The molecule has 0 aliphatic carbocycles.